The molecule has 0 spiro atoms. The van der Waals surface area contributed by atoms with Crippen molar-refractivity contribution in [3.63, 3.8) is 0 Å². The normalized spacial score (nSPS) is 18.3. The highest BCUT2D eigenvalue weighted by Crippen LogP contribution is 2.36. The summed E-state index contributed by atoms with van der Waals surface area (Å²) in [5.74, 6) is 0.138. The molecule has 1 aliphatic rings. The summed E-state index contributed by atoms with van der Waals surface area (Å²) in [7, 11) is 0. The number of benzene rings is 3. The molecule has 3 aromatic rings. The van der Waals surface area contributed by atoms with E-state index in [1.165, 1.54) is 28.8 Å². The second-order valence-electron chi connectivity index (χ2n) is 9.11. The van der Waals surface area contributed by atoms with Gasteiger partial charge in [-0.2, -0.15) is 0 Å². The van der Waals surface area contributed by atoms with E-state index in [0.717, 1.165) is 22.3 Å². The number of aryl methyl sites for hydroxylation is 2. The molecule has 0 N–H and O–H groups in total. The maximum absolute atomic E-state index is 13.3. The third-order valence-electron chi connectivity index (χ3n) is 6.41. The first-order valence-corrected chi connectivity index (χ1v) is 11.2. The van der Waals surface area contributed by atoms with Crippen LogP contribution < -0.4 is 0 Å². The first-order valence-electron chi connectivity index (χ1n) is 11.2. The van der Waals surface area contributed by atoms with Gasteiger partial charge >= 0.3 is 6.09 Å². The summed E-state index contributed by atoms with van der Waals surface area (Å²) in [6.45, 7) is 11.0. The molecule has 1 amide bonds. The van der Waals surface area contributed by atoms with Crippen molar-refractivity contribution in [3.05, 3.63) is 94.3 Å². The SMILES string of the molecule is Cc1ccc(-c2cc(C(C)C)ccc2C)c(CN2C(=O)O[C@H](c3ccc(F)cc3)[C@@H]2C)c1. The van der Waals surface area contributed by atoms with E-state index in [1.807, 2.05) is 6.92 Å². The van der Waals surface area contributed by atoms with E-state index >= 15 is 0 Å². The number of carbonyl (C=O) groups is 1. The van der Waals surface area contributed by atoms with Crippen LogP contribution in [0, 0.1) is 19.7 Å². The number of hydrogen-bond donors (Lipinski definition) is 0. The summed E-state index contributed by atoms with van der Waals surface area (Å²) in [4.78, 5) is 14.6. The average molecular weight is 432 g/mol. The second kappa shape index (κ2) is 8.78. The molecule has 0 unspecified atom stereocenters. The van der Waals surface area contributed by atoms with Crippen molar-refractivity contribution in [3.8, 4) is 11.1 Å². The molecule has 1 heterocycles. The summed E-state index contributed by atoms with van der Waals surface area (Å²) in [6, 6.07) is 19.1. The third kappa shape index (κ3) is 4.27. The lowest BCUT2D eigenvalue weighted by Gasteiger charge is -2.23. The fraction of sp³-hybridized carbons (Fsp3) is 0.321. The van der Waals surface area contributed by atoms with Gasteiger partial charge in [0, 0.05) is 0 Å². The Bertz CT molecular complexity index is 1140. The molecule has 1 saturated heterocycles. The number of ether oxygens (including phenoxy) is 1. The summed E-state index contributed by atoms with van der Waals surface area (Å²) in [6.07, 6.45) is -0.755. The Morgan fingerprint density at radius 3 is 2.38 bits per heavy atom. The molecule has 0 radical (unpaired) electrons. The molecule has 32 heavy (non-hydrogen) atoms. The molecular formula is C28H30FNO2. The maximum atomic E-state index is 13.3. The predicted octanol–water partition coefficient (Wildman–Crippen LogP) is 7.31. The summed E-state index contributed by atoms with van der Waals surface area (Å²) < 4.78 is 19.0. The van der Waals surface area contributed by atoms with Gasteiger partial charge in [-0.05, 0) is 72.2 Å². The highest BCUT2D eigenvalue weighted by atomic mass is 19.1. The van der Waals surface area contributed by atoms with Crippen molar-refractivity contribution < 1.29 is 13.9 Å². The summed E-state index contributed by atoms with van der Waals surface area (Å²) in [5, 5.41) is 0. The van der Waals surface area contributed by atoms with Crippen LogP contribution in [0.3, 0.4) is 0 Å². The summed E-state index contributed by atoms with van der Waals surface area (Å²) in [5.41, 5.74) is 7.89. The lowest BCUT2D eigenvalue weighted by atomic mass is 9.90. The van der Waals surface area contributed by atoms with Gasteiger partial charge in [0.1, 0.15) is 11.9 Å². The molecule has 1 aliphatic heterocycles. The number of amides is 1. The zero-order valence-corrected chi connectivity index (χ0v) is 19.4. The molecule has 166 valence electrons. The Hall–Kier alpha value is -3.14. The topological polar surface area (TPSA) is 29.5 Å². The van der Waals surface area contributed by atoms with Gasteiger partial charge in [-0.25, -0.2) is 9.18 Å². The van der Waals surface area contributed by atoms with E-state index in [9.17, 15) is 9.18 Å². The van der Waals surface area contributed by atoms with Crippen LogP contribution in [0.4, 0.5) is 9.18 Å². The van der Waals surface area contributed by atoms with Gasteiger partial charge in [0.2, 0.25) is 0 Å². The largest absolute Gasteiger partial charge is 0.439 e. The van der Waals surface area contributed by atoms with Crippen LogP contribution >= 0.6 is 0 Å². The van der Waals surface area contributed by atoms with Crippen molar-refractivity contribution in [1.29, 1.82) is 0 Å². The Kier molecular flexibility index (Phi) is 6.05. The first-order chi connectivity index (χ1) is 15.2. The summed E-state index contributed by atoms with van der Waals surface area (Å²) >= 11 is 0. The van der Waals surface area contributed by atoms with Crippen LogP contribution in [-0.4, -0.2) is 17.0 Å². The first kappa shape index (κ1) is 22.1. The molecule has 1 fully saturated rings. The van der Waals surface area contributed by atoms with Gasteiger partial charge in [0.05, 0.1) is 12.6 Å². The minimum atomic E-state index is -0.414. The van der Waals surface area contributed by atoms with Gasteiger partial charge in [0.15, 0.2) is 0 Å². The van der Waals surface area contributed by atoms with Crippen LogP contribution in [0.1, 0.15) is 60.6 Å². The number of nitrogens with zero attached hydrogens (tertiary/aromatic N) is 1. The molecule has 4 rings (SSSR count). The zero-order chi connectivity index (χ0) is 23.0. The molecule has 3 nitrogen and oxygen atoms in total. The number of hydrogen-bond acceptors (Lipinski definition) is 2. The Morgan fingerprint density at radius 1 is 0.969 bits per heavy atom. The van der Waals surface area contributed by atoms with E-state index in [0.29, 0.717) is 12.5 Å². The van der Waals surface area contributed by atoms with Crippen molar-refractivity contribution in [2.45, 2.75) is 59.2 Å². The van der Waals surface area contributed by atoms with Crippen molar-refractivity contribution in [2.75, 3.05) is 0 Å². The Balaban J connectivity index is 1.68. The Labute approximate surface area is 189 Å². The van der Waals surface area contributed by atoms with Crippen LogP contribution in [0.15, 0.2) is 60.7 Å². The molecule has 2 atom stereocenters. The van der Waals surface area contributed by atoms with Gasteiger partial charge in [-0.1, -0.05) is 67.9 Å². The number of carbonyl (C=O) groups excluding carboxylic acids is 1. The lowest BCUT2D eigenvalue weighted by Crippen LogP contribution is -2.31. The van der Waals surface area contributed by atoms with E-state index < -0.39 is 6.10 Å². The fourth-order valence-corrected chi connectivity index (χ4v) is 4.40. The quantitative estimate of drug-likeness (QED) is 0.424. The highest BCUT2D eigenvalue weighted by Gasteiger charge is 2.39. The number of cyclic esters (lactones) is 1. The number of halogens is 1. The van der Waals surface area contributed by atoms with Crippen molar-refractivity contribution in [1.82, 2.24) is 4.90 Å². The molecule has 0 bridgehead atoms. The van der Waals surface area contributed by atoms with E-state index in [2.05, 4.69) is 64.1 Å². The Morgan fingerprint density at radius 2 is 1.69 bits per heavy atom. The molecule has 0 aliphatic carbocycles. The van der Waals surface area contributed by atoms with Crippen LogP contribution in [0.2, 0.25) is 0 Å². The van der Waals surface area contributed by atoms with Crippen molar-refractivity contribution >= 4 is 6.09 Å². The van der Waals surface area contributed by atoms with Crippen LogP contribution in [0.25, 0.3) is 11.1 Å². The monoisotopic (exact) mass is 431 g/mol. The van der Waals surface area contributed by atoms with Gasteiger partial charge in [0.25, 0.3) is 0 Å². The van der Waals surface area contributed by atoms with E-state index in [4.69, 9.17) is 4.74 Å². The molecule has 3 aromatic carbocycles. The molecule has 0 saturated carbocycles. The van der Waals surface area contributed by atoms with Crippen molar-refractivity contribution in [2.24, 2.45) is 0 Å². The van der Waals surface area contributed by atoms with Crippen LogP contribution in [0.5, 0.6) is 0 Å². The van der Waals surface area contributed by atoms with E-state index in [1.54, 1.807) is 17.0 Å². The molecule has 4 heteroatoms. The minimum absolute atomic E-state index is 0.163. The number of rotatable bonds is 5. The molecular weight excluding hydrogens is 401 g/mol. The third-order valence-corrected chi connectivity index (χ3v) is 6.41. The second-order valence-corrected chi connectivity index (χ2v) is 9.11. The fourth-order valence-electron chi connectivity index (χ4n) is 4.40. The highest BCUT2D eigenvalue weighted by molar-refractivity contribution is 5.74. The lowest BCUT2D eigenvalue weighted by molar-refractivity contribution is 0.130. The van der Waals surface area contributed by atoms with Gasteiger partial charge in [-0.15, -0.1) is 0 Å². The standard InChI is InChI=1S/C28H30FNO2/c1-17(2)22-8-7-19(4)26(15-22)25-13-6-18(3)14-23(25)16-30-20(5)27(32-28(30)31)21-9-11-24(29)12-10-21/h6-15,17,20,27H,16H2,1-5H3/t20-,27-/m0/s1. The van der Waals surface area contributed by atoms with Crippen LogP contribution in [-0.2, 0) is 11.3 Å². The zero-order valence-electron chi connectivity index (χ0n) is 19.4. The minimum Gasteiger partial charge on any atom is -0.439 e. The molecule has 0 aromatic heterocycles. The van der Waals surface area contributed by atoms with Gasteiger partial charge in [-0.3, -0.25) is 4.90 Å². The average Bonchev–Trinajstić information content (AvgIpc) is 3.03. The smallest absolute Gasteiger partial charge is 0.411 e. The predicted molar refractivity (Wildman–Crippen MR) is 126 cm³/mol. The maximum Gasteiger partial charge on any atom is 0.411 e. The van der Waals surface area contributed by atoms with E-state index in [-0.39, 0.29) is 18.0 Å². The van der Waals surface area contributed by atoms with Gasteiger partial charge < -0.3 is 4.74 Å².